The number of benzene rings is 2. The lowest BCUT2D eigenvalue weighted by Crippen LogP contribution is -2.37. The molecule has 0 amide bonds. The molecular formula is C26H32O4. The second kappa shape index (κ2) is 9.92. The summed E-state index contributed by atoms with van der Waals surface area (Å²) in [5.74, 6) is 0.0437. The summed E-state index contributed by atoms with van der Waals surface area (Å²) in [4.78, 5) is 26.1. The molecule has 1 saturated carbocycles. The largest absolute Gasteiger partial charge is 0.426 e. The first-order valence-electron chi connectivity index (χ1n) is 11.0. The van der Waals surface area contributed by atoms with E-state index in [2.05, 4.69) is 27.7 Å². The fraction of sp³-hybridized carbons (Fsp3) is 0.462. The van der Waals surface area contributed by atoms with Crippen LogP contribution in [-0.2, 0) is 9.59 Å². The molecule has 30 heavy (non-hydrogen) atoms. The Labute approximate surface area is 179 Å². The molecule has 0 aliphatic heterocycles. The van der Waals surface area contributed by atoms with Crippen molar-refractivity contribution in [1.82, 2.24) is 0 Å². The van der Waals surface area contributed by atoms with Gasteiger partial charge in [0, 0.05) is 0 Å². The van der Waals surface area contributed by atoms with Crippen molar-refractivity contribution < 1.29 is 19.1 Å². The summed E-state index contributed by atoms with van der Waals surface area (Å²) in [6.45, 7) is 8.28. The van der Waals surface area contributed by atoms with Crippen LogP contribution in [0.2, 0.25) is 0 Å². The minimum atomic E-state index is -0.474. The van der Waals surface area contributed by atoms with E-state index in [9.17, 15) is 9.59 Å². The fourth-order valence-electron chi connectivity index (χ4n) is 4.16. The van der Waals surface area contributed by atoms with Crippen molar-refractivity contribution in [1.29, 1.82) is 0 Å². The van der Waals surface area contributed by atoms with Crippen LogP contribution in [0.4, 0.5) is 0 Å². The van der Waals surface area contributed by atoms with Gasteiger partial charge in [-0.05, 0) is 47.9 Å². The maximum absolute atomic E-state index is 13.1. The topological polar surface area (TPSA) is 52.6 Å². The van der Waals surface area contributed by atoms with Crippen molar-refractivity contribution in [2.24, 2.45) is 11.8 Å². The van der Waals surface area contributed by atoms with Gasteiger partial charge in [0.05, 0.1) is 11.8 Å². The highest BCUT2D eigenvalue weighted by atomic mass is 16.5. The van der Waals surface area contributed by atoms with Gasteiger partial charge >= 0.3 is 11.9 Å². The molecule has 2 aromatic carbocycles. The van der Waals surface area contributed by atoms with Crippen LogP contribution in [-0.4, -0.2) is 11.9 Å². The molecule has 0 saturated heterocycles. The highest BCUT2D eigenvalue weighted by Gasteiger charge is 2.38. The zero-order valence-corrected chi connectivity index (χ0v) is 18.4. The number of hydrogen-bond acceptors (Lipinski definition) is 4. The average molecular weight is 409 g/mol. The molecule has 0 heterocycles. The summed E-state index contributed by atoms with van der Waals surface area (Å²) >= 11 is 0. The molecule has 0 spiro atoms. The van der Waals surface area contributed by atoms with Crippen LogP contribution in [0.1, 0.15) is 76.3 Å². The maximum atomic E-state index is 13.1. The van der Waals surface area contributed by atoms with Crippen molar-refractivity contribution in [3.8, 4) is 11.5 Å². The Morgan fingerprint density at radius 3 is 1.43 bits per heavy atom. The minimum absolute atomic E-state index is 0.244. The lowest BCUT2D eigenvalue weighted by molar-refractivity contribution is -0.152. The lowest BCUT2D eigenvalue weighted by Gasteiger charge is -2.29. The van der Waals surface area contributed by atoms with Crippen LogP contribution in [0.5, 0.6) is 11.5 Å². The van der Waals surface area contributed by atoms with Gasteiger partial charge in [-0.15, -0.1) is 0 Å². The van der Waals surface area contributed by atoms with E-state index in [0.717, 1.165) is 24.0 Å². The molecule has 160 valence electrons. The highest BCUT2D eigenvalue weighted by molar-refractivity contribution is 5.84. The second-order valence-corrected chi connectivity index (χ2v) is 8.72. The summed E-state index contributed by atoms with van der Waals surface area (Å²) in [5.41, 5.74) is 1.98. The van der Waals surface area contributed by atoms with Gasteiger partial charge in [-0.2, -0.15) is 0 Å². The molecule has 0 radical (unpaired) electrons. The van der Waals surface area contributed by atoms with Gasteiger partial charge in [-0.1, -0.05) is 76.9 Å². The molecule has 2 unspecified atom stereocenters. The van der Waals surface area contributed by atoms with Crippen LogP contribution >= 0.6 is 0 Å². The predicted molar refractivity (Wildman–Crippen MR) is 118 cm³/mol. The van der Waals surface area contributed by atoms with Crippen LogP contribution < -0.4 is 9.47 Å². The SMILES string of the molecule is CC(C)c1ccccc1OC(=O)C1CCCCC1C(=O)Oc1ccccc1C(C)C. The van der Waals surface area contributed by atoms with Gasteiger partial charge in [0.25, 0.3) is 0 Å². The molecule has 1 aliphatic rings. The molecule has 1 fully saturated rings. The molecule has 0 N–H and O–H groups in total. The maximum Gasteiger partial charge on any atom is 0.315 e. The van der Waals surface area contributed by atoms with Crippen molar-refractivity contribution >= 4 is 11.9 Å². The predicted octanol–water partition coefficient (Wildman–Crippen LogP) is 6.25. The summed E-state index contributed by atoms with van der Waals surface area (Å²) in [6.07, 6.45) is 3.12. The standard InChI is InChI=1S/C26H32O4/c1-17(2)19-11-7-9-15-23(19)29-25(27)21-13-5-6-14-22(21)26(28)30-24-16-10-8-12-20(24)18(3)4/h7-12,15-18,21-22H,5-6,13-14H2,1-4H3. The van der Waals surface area contributed by atoms with Crippen molar-refractivity contribution in [2.75, 3.05) is 0 Å². The van der Waals surface area contributed by atoms with Gasteiger partial charge in [-0.25, -0.2) is 0 Å². The molecule has 4 heteroatoms. The third kappa shape index (κ3) is 5.10. The van der Waals surface area contributed by atoms with Gasteiger partial charge in [-0.3, -0.25) is 9.59 Å². The Kier molecular flexibility index (Phi) is 7.30. The molecular weight excluding hydrogens is 376 g/mol. The quantitative estimate of drug-likeness (QED) is 0.419. The Bertz CT molecular complexity index is 811. The van der Waals surface area contributed by atoms with Crippen LogP contribution in [0, 0.1) is 11.8 Å². The summed E-state index contributed by atoms with van der Waals surface area (Å²) < 4.78 is 11.6. The van der Waals surface area contributed by atoms with E-state index < -0.39 is 11.8 Å². The molecule has 2 atom stereocenters. The van der Waals surface area contributed by atoms with Crippen LogP contribution in [0.15, 0.2) is 48.5 Å². The second-order valence-electron chi connectivity index (χ2n) is 8.72. The Morgan fingerprint density at radius 2 is 1.07 bits per heavy atom. The Balaban J connectivity index is 1.76. The fourth-order valence-corrected chi connectivity index (χ4v) is 4.16. The first kappa shape index (κ1) is 22.1. The molecule has 0 aromatic heterocycles. The first-order valence-corrected chi connectivity index (χ1v) is 11.0. The number of esters is 2. The van der Waals surface area contributed by atoms with Crippen molar-refractivity contribution in [3.63, 3.8) is 0 Å². The van der Waals surface area contributed by atoms with Gasteiger partial charge in [0.15, 0.2) is 0 Å². The minimum Gasteiger partial charge on any atom is -0.426 e. The van der Waals surface area contributed by atoms with E-state index in [-0.39, 0.29) is 23.8 Å². The average Bonchev–Trinajstić information content (AvgIpc) is 2.74. The highest BCUT2D eigenvalue weighted by Crippen LogP contribution is 2.35. The number of carbonyl (C=O) groups is 2. The normalized spacial score (nSPS) is 19.0. The Hall–Kier alpha value is -2.62. The number of carbonyl (C=O) groups excluding carboxylic acids is 2. The molecule has 4 nitrogen and oxygen atoms in total. The smallest absolute Gasteiger partial charge is 0.315 e. The number of hydrogen-bond donors (Lipinski definition) is 0. The van der Waals surface area contributed by atoms with E-state index in [1.54, 1.807) is 0 Å². The third-order valence-electron chi connectivity index (χ3n) is 5.87. The van der Waals surface area contributed by atoms with Crippen LogP contribution in [0.25, 0.3) is 0 Å². The summed E-state index contributed by atoms with van der Waals surface area (Å²) in [6, 6.07) is 15.2. The monoisotopic (exact) mass is 408 g/mol. The van der Waals surface area contributed by atoms with Gasteiger partial charge in [0.1, 0.15) is 11.5 Å². The van der Waals surface area contributed by atoms with Gasteiger partial charge in [0.2, 0.25) is 0 Å². The zero-order valence-electron chi connectivity index (χ0n) is 18.4. The molecule has 0 bridgehead atoms. The van der Waals surface area contributed by atoms with Gasteiger partial charge < -0.3 is 9.47 Å². The number of rotatable bonds is 6. The van der Waals surface area contributed by atoms with Crippen molar-refractivity contribution in [2.45, 2.75) is 65.2 Å². The first-order chi connectivity index (χ1) is 14.4. The summed E-state index contributed by atoms with van der Waals surface area (Å²) in [5, 5.41) is 0. The third-order valence-corrected chi connectivity index (χ3v) is 5.87. The van der Waals surface area contributed by atoms with E-state index in [1.807, 2.05) is 48.5 Å². The van der Waals surface area contributed by atoms with Crippen LogP contribution in [0.3, 0.4) is 0 Å². The zero-order chi connectivity index (χ0) is 21.7. The molecule has 2 aromatic rings. The Morgan fingerprint density at radius 1 is 0.700 bits per heavy atom. The molecule has 1 aliphatic carbocycles. The molecule has 3 rings (SSSR count). The summed E-state index contributed by atoms with van der Waals surface area (Å²) in [7, 11) is 0. The van der Waals surface area contributed by atoms with E-state index in [1.165, 1.54) is 0 Å². The lowest BCUT2D eigenvalue weighted by atomic mass is 9.79. The van der Waals surface area contributed by atoms with E-state index >= 15 is 0 Å². The van der Waals surface area contributed by atoms with E-state index in [0.29, 0.717) is 24.3 Å². The van der Waals surface area contributed by atoms with E-state index in [4.69, 9.17) is 9.47 Å². The van der Waals surface area contributed by atoms with Crippen molar-refractivity contribution in [3.05, 3.63) is 59.7 Å². The number of ether oxygens (including phenoxy) is 2. The number of para-hydroxylation sites is 2.